The molecule has 0 bridgehead atoms. The van der Waals surface area contributed by atoms with Crippen molar-refractivity contribution in [1.29, 1.82) is 0 Å². The lowest BCUT2D eigenvalue weighted by molar-refractivity contribution is -0.115. The number of hydrogen-bond donors (Lipinski definition) is 2. The van der Waals surface area contributed by atoms with Gasteiger partial charge in [-0.15, -0.1) is 0 Å². The Morgan fingerprint density at radius 1 is 1.17 bits per heavy atom. The number of carbonyl (C=O) groups excluding carboxylic acids is 1. The summed E-state index contributed by atoms with van der Waals surface area (Å²) in [4.78, 5) is 16.5. The van der Waals surface area contributed by atoms with Crippen molar-refractivity contribution >= 4 is 23.2 Å². The van der Waals surface area contributed by atoms with Crippen LogP contribution in [0.5, 0.6) is 0 Å². The van der Waals surface area contributed by atoms with Crippen molar-refractivity contribution in [3.8, 4) is 0 Å². The Labute approximate surface area is 145 Å². The van der Waals surface area contributed by atoms with Crippen LogP contribution in [0.1, 0.15) is 22.8 Å². The molecule has 0 aliphatic heterocycles. The number of nitrogens with zero attached hydrogens (tertiary/aromatic N) is 2. The van der Waals surface area contributed by atoms with E-state index in [9.17, 15) is 4.79 Å². The fourth-order valence-electron chi connectivity index (χ4n) is 2.34. The number of aromatic amines is 1. The maximum atomic E-state index is 12.1. The van der Waals surface area contributed by atoms with Gasteiger partial charge in [-0.3, -0.25) is 9.89 Å². The monoisotopic (exact) mass is 340 g/mol. The smallest absolute Gasteiger partial charge is 0.232 e. The summed E-state index contributed by atoms with van der Waals surface area (Å²) in [5.41, 5.74) is 2.90. The molecule has 1 aromatic heterocycles. The van der Waals surface area contributed by atoms with Gasteiger partial charge in [0.25, 0.3) is 0 Å². The number of amides is 1. The number of carbonyl (C=O) groups is 1. The number of benzene rings is 2. The molecule has 24 heavy (non-hydrogen) atoms. The Kier molecular flexibility index (Phi) is 4.91. The van der Waals surface area contributed by atoms with Gasteiger partial charge in [0, 0.05) is 17.1 Å². The predicted molar refractivity (Wildman–Crippen MR) is 94.2 cm³/mol. The Bertz CT molecular complexity index is 842. The average molecular weight is 341 g/mol. The molecule has 2 aromatic carbocycles. The quantitative estimate of drug-likeness (QED) is 0.746. The largest absolute Gasteiger partial charge is 0.325 e. The number of para-hydroxylation sites is 1. The molecule has 0 fully saturated rings. The minimum absolute atomic E-state index is 0.130. The molecule has 0 unspecified atom stereocenters. The number of H-pyrrole nitrogens is 1. The number of nitrogens with one attached hydrogen (secondary N) is 2. The molecule has 0 spiro atoms. The maximum Gasteiger partial charge on any atom is 0.232 e. The van der Waals surface area contributed by atoms with Crippen molar-refractivity contribution in [3.05, 3.63) is 76.3 Å². The molecule has 0 saturated carbocycles. The highest BCUT2D eigenvalue weighted by atomic mass is 35.5. The number of aromatic nitrogens is 3. The summed E-state index contributed by atoms with van der Waals surface area (Å²) in [6.45, 7) is 1.95. The van der Waals surface area contributed by atoms with Crippen LogP contribution in [-0.2, 0) is 17.6 Å². The first kappa shape index (κ1) is 16.2. The van der Waals surface area contributed by atoms with Gasteiger partial charge in [-0.25, -0.2) is 4.98 Å². The standard InChI is InChI=1S/C18H17ClN4O/c1-12-4-2-3-5-15(12)20-18(24)11-17-21-16(22-23-17)10-13-6-8-14(19)9-7-13/h2-9H,10-11H2,1H3,(H,20,24)(H,21,22,23). The van der Waals surface area contributed by atoms with Gasteiger partial charge in [-0.2, -0.15) is 5.10 Å². The Balaban J connectivity index is 1.60. The summed E-state index contributed by atoms with van der Waals surface area (Å²) in [7, 11) is 0. The lowest BCUT2D eigenvalue weighted by Gasteiger charge is -2.06. The second kappa shape index (κ2) is 7.27. The second-order valence-corrected chi connectivity index (χ2v) is 5.98. The number of halogens is 1. The van der Waals surface area contributed by atoms with Gasteiger partial charge in [-0.05, 0) is 36.2 Å². The van der Waals surface area contributed by atoms with Crippen LogP contribution in [0.2, 0.25) is 5.02 Å². The average Bonchev–Trinajstić information content (AvgIpc) is 2.99. The second-order valence-electron chi connectivity index (χ2n) is 5.54. The highest BCUT2D eigenvalue weighted by molar-refractivity contribution is 6.30. The first-order chi connectivity index (χ1) is 11.6. The first-order valence-electron chi connectivity index (χ1n) is 7.60. The van der Waals surface area contributed by atoms with Crippen molar-refractivity contribution in [3.63, 3.8) is 0 Å². The lowest BCUT2D eigenvalue weighted by Crippen LogP contribution is -2.16. The summed E-state index contributed by atoms with van der Waals surface area (Å²) < 4.78 is 0. The fourth-order valence-corrected chi connectivity index (χ4v) is 2.47. The minimum Gasteiger partial charge on any atom is -0.325 e. The molecule has 122 valence electrons. The molecule has 0 radical (unpaired) electrons. The van der Waals surface area contributed by atoms with E-state index < -0.39 is 0 Å². The van der Waals surface area contributed by atoms with E-state index in [1.807, 2.05) is 55.5 Å². The molecular weight excluding hydrogens is 324 g/mol. The van der Waals surface area contributed by atoms with E-state index >= 15 is 0 Å². The van der Waals surface area contributed by atoms with Crippen LogP contribution >= 0.6 is 11.6 Å². The molecule has 1 amide bonds. The third kappa shape index (κ3) is 4.20. The van der Waals surface area contributed by atoms with Crippen LogP contribution in [0.4, 0.5) is 5.69 Å². The van der Waals surface area contributed by atoms with Crippen LogP contribution in [0, 0.1) is 6.92 Å². The molecular formula is C18H17ClN4O. The molecule has 3 aromatic rings. The van der Waals surface area contributed by atoms with Gasteiger partial charge < -0.3 is 5.32 Å². The van der Waals surface area contributed by atoms with E-state index in [4.69, 9.17) is 11.6 Å². The number of anilines is 1. The van der Waals surface area contributed by atoms with Crippen molar-refractivity contribution < 1.29 is 4.79 Å². The van der Waals surface area contributed by atoms with Crippen LogP contribution in [0.3, 0.4) is 0 Å². The fraction of sp³-hybridized carbons (Fsp3) is 0.167. The Hall–Kier alpha value is -2.66. The van der Waals surface area contributed by atoms with Crippen molar-refractivity contribution in [2.75, 3.05) is 5.32 Å². The number of rotatable bonds is 5. The molecule has 2 N–H and O–H groups in total. The van der Waals surface area contributed by atoms with Crippen LogP contribution in [0.25, 0.3) is 0 Å². The molecule has 0 aliphatic rings. The number of aryl methyl sites for hydroxylation is 1. The molecule has 0 saturated heterocycles. The molecule has 6 heteroatoms. The van der Waals surface area contributed by atoms with Gasteiger partial charge in [-0.1, -0.05) is 41.9 Å². The van der Waals surface area contributed by atoms with E-state index in [0.717, 1.165) is 22.6 Å². The maximum absolute atomic E-state index is 12.1. The minimum atomic E-state index is -0.138. The SMILES string of the molecule is Cc1ccccc1NC(=O)Cc1n[nH]c(Cc2ccc(Cl)cc2)n1. The molecule has 0 atom stereocenters. The van der Waals surface area contributed by atoms with Gasteiger partial charge in [0.15, 0.2) is 5.82 Å². The van der Waals surface area contributed by atoms with E-state index in [-0.39, 0.29) is 12.3 Å². The molecule has 0 aliphatic carbocycles. The normalized spacial score (nSPS) is 10.6. The van der Waals surface area contributed by atoms with Gasteiger partial charge >= 0.3 is 0 Å². The summed E-state index contributed by atoms with van der Waals surface area (Å²) in [5, 5.41) is 10.6. The zero-order chi connectivity index (χ0) is 16.9. The van der Waals surface area contributed by atoms with Crippen molar-refractivity contribution in [2.45, 2.75) is 19.8 Å². The summed E-state index contributed by atoms with van der Waals surface area (Å²) in [5.74, 6) is 1.06. The van der Waals surface area contributed by atoms with Gasteiger partial charge in [0.05, 0.1) is 6.42 Å². The van der Waals surface area contributed by atoms with E-state index in [2.05, 4.69) is 20.5 Å². The van der Waals surface area contributed by atoms with Crippen molar-refractivity contribution in [2.24, 2.45) is 0 Å². The highest BCUT2D eigenvalue weighted by Gasteiger charge is 2.10. The molecule has 5 nitrogen and oxygen atoms in total. The van der Waals surface area contributed by atoms with Crippen LogP contribution in [-0.4, -0.2) is 21.1 Å². The third-order valence-electron chi connectivity index (χ3n) is 3.60. The van der Waals surface area contributed by atoms with Gasteiger partial charge in [0.1, 0.15) is 5.82 Å². The topological polar surface area (TPSA) is 70.7 Å². The number of hydrogen-bond acceptors (Lipinski definition) is 3. The zero-order valence-corrected chi connectivity index (χ0v) is 14.0. The first-order valence-corrected chi connectivity index (χ1v) is 7.98. The Morgan fingerprint density at radius 2 is 1.92 bits per heavy atom. The third-order valence-corrected chi connectivity index (χ3v) is 3.85. The van der Waals surface area contributed by atoms with E-state index in [1.165, 1.54) is 0 Å². The molecule has 1 heterocycles. The highest BCUT2D eigenvalue weighted by Crippen LogP contribution is 2.14. The summed E-state index contributed by atoms with van der Waals surface area (Å²) in [6.07, 6.45) is 0.745. The van der Waals surface area contributed by atoms with E-state index in [1.54, 1.807) is 0 Å². The predicted octanol–water partition coefficient (Wildman–Crippen LogP) is 3.54. The van der Waals surface area contributed by atoms with E-state index in [0.29, 0.717) is 17.3 Å². The lowest BCUT2D eigenvalue weighted by atomic mass is 10.1. The van der Waals surface area contributed by atoms with Crippen LogP contribution in [0.15, 0.2) is 48.5 Å². The van der Waals surface area contributed by atoms with Crippen molar-refractivity contribution in [1.82, 2.24) is 15.2 Å². The van der Waals surface area contributed by atoms with Crippen LogP contribution < -0.4 is 5.32 Å². The zero-order valence-electron chi connectivity index (χ0n) is 13.2. The summed E-state index contributed by atoms with van der Waals surface area (Å²) >= 11 is 5.87. The Morgan fingerprint density at radius 3 is 2.67 bits per heavy atom. The summed E-state index contributed by atoms with van der Waals surface area (Å²) in [6, 6.07) is 15.2. The molecule has 3 rings (SSSR count). The van der Waals surface area contributed by atoms with Gasteiger partial charge in [0.2, 0.25) is 5.91 Å².